The van der Waals surface area contributed by atoms with Gasteiger partial charge in [-0.2, -0.15) is 5.10 Å². The molecule has 1 aromatic heterocycles. The van der Waals surface area contributed by atoms with E-state index in [9.17, 15) is 4.79 Å². The molecule has 6 heteroatoms. The summed E-state index contributed by atoms with van der Waals surface area (Å²) < 4.78 is 5.80. The molecule has 2 N–H and O–H groups in total. The van der Waals surface area contributed by atoms with Gasteiger partial charge in [0, 0.05) is 6.07 Å². The number of anilines is 1. The lowest BCUT2D eigenvalue weighted by molar-refractivity contribution is 0.311. The average molecular weight is 390 g/mol. The Morgan fingerprint density at radius 3 is 2.62 bits per heavy atom. The van der Waals surface area contributed by atoms with Gasteiger partial charge in [-0.1, -0.05) is 44.2 Å². The summed E-state index contributed by atoms with van der Waals surface area (Å²) in [5, 5.41) is 4.14. The second-order valence-corrected chi connectivity index (χ2v) is 7.05. The minimum absolute atomic E-state index is 0.169. The molecule has 2 aromatic carbocycles. The second kappa shape index (κ2) is 10.2. The molecule has 0 unspecified atom stereocenters. The SMILES string of the molecule is CC(C)c1cc(=O)[nH]c(N/N=C\c2ccc(OCCCc3ccccc3)cc2)n1. The van der Waals surface area contributed by atoms with E-state index in [0.717, 1.165) is 29.8 Å². The highest BCUT2D eigenvalue weighted by Gasteiger charge is 2.04. The molecule has 0 spiro atoms. The van der Waals surface area contributed by atoms with Crippen LogP contribution in [0, 0.1) is 0 Å². The third-order valence-corrected chi connectivity index (χ3v) is 4.34. The highest BCUT2D eigenvalue weighted by molar-refractivity contribution is 5.80. The highest BCUT2D eigenvalue weighted by Crippen LogP contribution is 2.13. The molecule has 3 rings (SSSR count). The normalized spacial score (nSPS) is 11.1. The predicted molar refractivity (Wildman–Crippen MR) is 117 cm³/mol. The van der Waals surface area contributed by atoms with E-state index < -0.39 is 0 Å². The van der Waals surface area contributed by atoms with Crippen molar-refractivity contribution in [2.24, 2.45) is 5.10 Å². The van der Waals surface area contributed by atoms with Crippen molar-refractivity contribution in [2.45, 2.75) is 32.6 Å². The number of aryl methyl sites for hydroxylation is 1. The van der Waals surface area contributed by atoms with Crippen molar-refractivity contribution in [3.05, 3.63) is 87.8 Å². The Balaban J connectivity index is 1.47. The monoisotopic (exact) mass is 390 g/mol. The number of rotatable bonds is 9. The topological polar surface area (TPSA) is 79.4 Å². The number of hydrogen-bond donors (Lipinski definition) is 2. The fraction of sp³-hybridized carbons (Fsp3) is 0.261. The Morgan fingerprint density at radius 1 is 1.14 bits per heavy atom. The molecule has 0 aliphatic rings. The number of hydrogen-bond acceptors (Lipinski definition) is 5. The van der Waals surface area contributed by atoms with E-state index in [2.05, 4.69) is 44.8 Å². The van der Waals surface area contributed by atoms with E-state index in [1.807, 2.05) is 44.2 Å². The molecule has 0 saturated heterocycles. The summed E-state index contributed by atoms with van der Waals surface area (Å²) in [7, 11) is 0. The first-order valence-corrected chi connectivity index (χ1v) is 9.77. The molecule has 6 nitrogen and oxygen atoms in total. The Morgan fingerprint density at radius 2 is 1.90 bits per heavy atom. The molecule has 29 heavy (non-hydrogen) atoms. The van der Waals surface area contributed by atoms with Crippen molar-refractivity contribution in [3.63, 3.8) is 0 Å². The number of aromatic nitrogens is 2. The maximum absolute atomic E-state index is 11.7. The van der Waals surface area contributed by atoms with E-state index in [0.29, 0.717) is 12.6 Å². The number of hydrazone groups is 1. The summed E-state index contributed by atoms with van der Waals surface area (Å²) in [5.74, 6) is 1.33. The zero-order valence-electron chi connectivity index (χ0n) is 16.8. The van der Waals surface area contributed by atoms with Gasteiger partial charge in [-0.05, 0) is 54.2 Å². The van der Waals surface area contributed by atoms with Gasteiger partial charge >= 0.3 is 0 Å². The van der Waals surface area contributed by atoms with Crippen LogP contribution in [-0.4, -0.2) is 22.8 Å². The number of aromatic amines is 1. The Hall–Kier alpha value is -3.41. The summed E-state index contributed by atoms with van der Waals surface area (Å²) in [6.45, 7) is 4.65. The zero-order chi connectivity index (χ0) is 20.5. The number of nitrogens with one attached hydrogen (secondary N) is 2. The number of ether oxygens (including phenoxy) is 1. The standard InChI is InChI=1S/C23H26N4O2/c1-17(2)21-15-22(28)26-23(25-21)27-24-16-19-10-12-20(13-11-19)29-14-6-9-18-7-4-3-5-8-18/h3-5,7-8,10-13,15-17H,6,9,14H2,1-2H3,(H2,25,26,27,28)/b24-16-. The molecule has 0 fully saturated rings. The molecule has 0 aliphatic heterocycles. The van der Waals surface area contributed by atoms with E-state index in [4.69, 9.17) is 4.74 Å². The van der Waals surface area contributed by atoms with Crippen LogP contribution in [0.4, 0.5) is 5.95 Å². The van der Waals surface area contributed by atoms with Gasteiger partial charge in [-0.3, -0.25) is 9.78 Å². The lowest BCUT2D eigenvalue weighted by Crippen LogP contribution is -2.12. The van der Waals surface area contributed by atoms with Crippen LogP contribution in [0.25, 0.3) is 0 Å². The van der Waals surface area contributed by atoms with Crippen molar-refractivity contribution >= 4 is 12.2 Å². The maximum Gasteiger partial charge on any atom is 0.252 e. The summed E-state index contributed by atoms with van der Waals surface area (Å²) in [6, 6.07) is 19.6. The van der Waals surface area contributed by atoms with Crippen LogP contribution >= 0.6 is 0 Å². The molecule has 0 radical (unpaired) electrons. The summed E-state index contributed by atoms with van der Waals surface area (Å²) in [5.41, 5.74) is 5.53. The Kier molecular flexibility index (Phi) is 7.16. The van der Waals surface area contributed by atoms with Gasteiger partial charge in [0.25, 0.3) is 5.56 Å². The quantitative estimate of drug-likeness (QED) is 0.323. The molecule has 1 heterocycles. The molecule has 0 bridgehead atoms. The van der Waals surface area contributed by atoms with Crippen LogP contribution in [0.15, 0.2) is 70.6 Å². The maximum atomic E-state index is 11.7. The van der Waals surface area contributed by atoms with Gasteiger partial charge in [0.1, 0.15) is 5.75 Å². The Bertz CT molecular complexity index is 980. The molecule has 0 saturated carbocycles. The lowest BCUT2D eigenvalue weighted by atomic mass is 10.1. The highest BCUT2D eigenvalue weighted by atomic mass is 16.5. The van der Waals surface area contributed by atoms with Crippen LogP contribution < -0.4 is 15.7 Å². The first kappa shape index (κ1) is 20.3. The summed E-state index contributed by atoms with van der Waals surface area (Å²) >= 11 is 0. The molecular formula is C23H26N4O2. The van der Waals surface area contributed by atoms with E-state index in [1.165, 1.54) is 11.6 Å². The van der Waals surface area contributed by atoms with Crippen molar-refractivity contribution in [1.82, 2.24) is 9.97 Å². The van der Waals surface area contributed by atoms with Gasteiger partial charge in [-0.15, -0.1) is 0 Å². The van der Waals surface area contributed by atoms with Crippen LogP contribution in [-0.2, 0) is 6.42 Å². The predicted octanol–water partition coefficient (Wildman–Crippen LogP) is 4.35. The van der Waals surface area contributed by atoms with Crippen LogP contribution in [0.3, 0.4) is 0 Å². The number of nitrogens with zero attached hydrogens (tertiary/aromatic N) is 2. The molecule has 3 aromatic rings. The molecule has 0 atom stereocenters. The van der Waals surface area contributed by atoms with Crippen molar-refractivity contribution in [2.75, 3.05) is 12.0 Å². The fourth-order valence-electron chi connectivity index (χ4n) is 2.75. The van der Waals surface area contributed by atoms with Gasteiger partial charge in [0.2, 0.25) is 5.95 Å². The molecular weight excluding hydrogens is 364 g/mol. The van der Waals surface area contributed by atoms with E-state index >= 15 is 0 Å². The van der Waals surface area contributed by atoms with Crippen LogP contribution in [0.5, 0.6) is 5.75 Å². The minimum atomic E-state index is -0.199. The van der Waals surface area contributed by atoms with Crippen LogP contribution in [0.2, 0.25) is 0 Å². The van der Waals surface area contributed by atoms with Crippen molar-refractivity contribution in [1.29, 1.82) is 0 Å². The summed E-state index contributed by atoms with van der Waals surface area (Å²) in [4.78, 5) is 18.6. The third-order valence-electron chi connectivity index (χ3n) is 4.34. The van der Waals surface area contributed by atoms with Gasteiger partial charge < -0.3 is 4.74 Å². The van der Waals surface area contributed by atoms with E-state index in [1.54, 1.807) is 6.21 Å². The molecule has 0 amide bonds. The van der Waals surface area contributed by atoms with Gasteiger partial charge in [0.15, 0.2) is 0 Å². The lowest BCUT2D eigenvalue weighted by Gasteiger charge is -2.07. The summed E-state index contributed by atoms with van der Waals surface area (Å²) in [6.07, 6.45) is 3.64. The van der Waals surface area contributed by atoms with E-state index in [-0.39, 0.29) is 11.5 Å². The minimum Gasteiger partial charge on any atom is -0.494 e. The van der Waals surface area contributed by atoms with Crippen molar-refractivity contribution in [3.8, 4) is 5.75 Å². The van der Waals surface area contributed by atoms with Crippen molar-refractivity contribution < 1.29 is 4.74 Å². The number of benzene rings is 2. The third kappa shape index (κ3) is 6.60. The zero-order valence-corrected chi connectivity index (χ0v) is 16.8. The largest absolute Gasteiger partial charge is 0.494 e. The van der Waals surface area contributed by atoms with Gasteiger partial charge in [0.05, 0.1) is 18.5 Å². The number of H-pyrrole nitrogens is 1. The average Bonchev–Trinajstić information content (AvgIpc) is 2.72. The molecule has 150 valence electrons. The first-order chi connectivity index (χ1) is 14.1. The fourth-order valence-corrected chi connectivity index (χ4v) is 2.75. The molecule has 0 aliphatic carbocycles. The first-order valence-electron chi connectivity index (χ1n) is 9.77. The van der Waals surface area contributed by atoms with Crippen LogP contribution in [0.1, 0.15) is 43.0 Å². The smallest absolute Gasteiger partial charge is 0.252 e. The second-order valence-electron chi connectivity index (χ2n) is 7.05. The Labute approximate surface area is 170 Å². The van der Waals surface area contributed by atoms with Gasteiger partial charge in [-0.25, -0.2) is 10.4 Å².